The average molecular weight is 215 g/mol. The number of hydrogen-bond donors (Lipinski definition) is 1. The zero-order chi connectivity index (χ0) is 8.27. The van der Waals surface area contributed by atoms with Crippen molar-refractivity contribution in [1.29, 1.82) is 0 Å². The van der Waals surface area contributed by atoms with Crippen molar-refractivity contribution < 1.29 is 5.11 Å². The monoisotopic (exact) mass is 214 g/mol. The second-order valence-corrected chi connectivity index (χ2v) is 3.35. The summed E-state index contributed by atoms with van der Waals surface area (Å²) in [6.07, 6.45) is 0.966. The number of halogens is 1. The van der Waals surface area contributed by atoms with Gasteiger partial charge in [-0.15, -0.1) is 0 Å². The van der Waals surface area contributed by atoms with Crippen LogP contribution in [0.1, 0.15) is 11.1 Å². The fourth-order valence-corrected chi connectivity index (χ4v) is 1.38. The van der Waals surface area contributed by atoms with Gasteiger partial charge in [-0.25, -0.2) is 0 Å². The Morgan fingerprint density at radius 2 is 2.18 bits per heavy atom. The van der Waals surface area contributed by atoms with E-state index in [4.69, 9.17) is 0 Å². The highest BCUT2D eigenvalue weighted by Gasteiger charge is 1.96. The van der Waals surface area contributed by atoms with Crippen molar-refractivity contribution in [3.05, 3.63) is 29.3 Å². The van der Waals surface area contributed by atoms with Gasteiger partial charge in [0, 0.05) is 5.33 Å². The number of aromatic hydroxyl groups is 1. The molecule has 0 unspecified atom stereocenters. The van der Waals surface area contributed by atoms with Crippen LogP contribution in [-0.2, 0) is 6.42 Å². The van der Waals surface area contributed by atoms with E-state index in [-0.39, 0.29) is 0 Å². The van der Waals surface area contributed by atoms with Gasteiger partial charge in [-0.1, -0.05) is 28.1 Å². The number of alkyl halides is 1. The number of phenols is 1. The number of phenolic OH excluding ortho intramolecular Hbond substituents is 1. The van der Waals surface area contributed by atoms with Crippen molar-refractivity contribution in [2.75, 3.05) is 5.33 Å². The Labute approximate surface area is 75.2 Å². The van der Waals surface area contributed by atoms with Gasteiger partial charge in [0.1, 0.15) is 5.75 Å². The first-order valence-electron chi connectivity index (χ1n) is 3.58. The molecule has 1 N–H and O–H groups in total. The lowest BCUT2D eigenvalue weighted by Gasteiger charge is -2.01. The van der Waals surface area contributed by atoms with Crippen LogP contribution in [0.3, 0.4) is 0 Å². The van der Waals surface area contributed by atoms with Gasteiger partial charge < -0.3 is 5.11 Å². The van der Waals surface area contributed by atoms with Crippen LogP contribution in [0.25, 0.3) is 0 Å². The Hall–Kier alpha value is -0.500. The first kappa shape index (κ1) is 8.60. The van der Waals surface area contributed by atoms with Crippen molar-refractivity contribution in [3.8, 4) is 5.75 Å². The van der Waals surface area contributed by atoms with Crippen molar-refractivity contribution in [1.82, 2.24) is 0 Å². The normalized spacial score (nSPS) is 10.0. The second-order valence-electron chi connectivity index (χ2n) is 2.56. The standard InChI is InChI=1S/C9H11BrO/c1-7-2-3-8(4-5-10)6-9(7)11/h2-3,6,11H,4-5H2,1H3. The summed E-state index contributed by atoms with van der Waals surface area (Å²) in [5.74, 6) is 0.392. The molecule has 0 aliphatic rings. The lowest BCUT2D eigenvalue weighted by atomic mass is 10.1. The zero-order valence-electron chi connectivity index (χ0n) is 6.47. The fraction of sp³-hybridized carbons (Fsp3) is 0.333. The van der Waals surface area contributed by atoms with E-state index in [9.17, 15) is 5.11 Å². The Bertz CT molecular complexity index is 245. The molecule has 0 spiro atoms. The van der Waals surface area contributed by atoms with Gasteiger partial charge in [-0.2, -0.15) is 0 Å². The fourth-order valence-electron chi connectivity index (χ4n) is 0.920. The maximum absolute atomic E-state index is 9.31. The highest BCUT2D eigenvalue weighted by atomic mass is 79.9. The summed E-state index contributed by atoms with van der Waals surface area (Å²) in [5.41, 5.74) is 2.10. The topological polar surface area (TPSA) is 20.2 Å². The van der Waals surface area contributed by atoms with Crippen LogP contribution in [0.15, 0.2) is 18.2 Å². The van der Waals surface area contributed by atoms with Gasteiger partial charge >= 0.3 is 0 Å². The molecule has 0 aliphatic heterocycles. The van der Waals surface area contributed by atoms with Crippen LogP contribution >= 0.6 is 15.9 Å². The van der Waals surface area contributed by atoms with E-state index in [1.54, 1.807) is 0 Å². The molecule has 1 nitrogen and oxygen atoms in total. The molecule has 0 radical (unpaired) electrons. The lowest BCUT2D eigenvalue weighted by molar-refractivity contribution is 0.470. The zero-order valence-corrected chi connectivity index (χ0v) is 8.06. The SMILES string of the molecule is Cc1ccc(CCBr)cc1O. The second kappa shape index (κ2) is 3.77. The molecule has 11 heavy (non-hydrogen) atoms. The average Bonchev–Trinajstić information content (AvgIpc) is 1.98. The minimum atomic E-state index is 0.392. The molecule has 60 valence electrons. The van der Waals surface area contributed by atoms with Gasteiger partial charge in [-0.3, -0.25) is 0 Å². The summed E-state index contributed by atoms with van der Waals surface area (Å²) in [4.78, 5) is 0. The predicted molar refractivity (Wildman–Crippen MR) is 50.3 cm³/mol. The van der Waals surface area contributed by atoms with Crippen LogP contribution in [0.4, 0.5) is 0 Å². The number of rotatable bonds is 2. The van der Waals surface area contributed by atoms with Crippen LogP contribution < -0.4 is 0 Å². The van der Waals surface area contributed by atoms with Crippen LogP contribution in [-0.4, -0.2) is 10.4 Å². The lowest BCUT2D eigenvalue weighted by Crippen LogP contribution is -1.85. The number of benzene rings is 1. The molecule has 0 amide bonds. The number of hydrogen-bond acceptors (Lipinski definition) is 1. The highest BCUT2D eigenvalue weighted by Crippen LogP contribution is 2.17. The van der Waals surface area contributed by atoms with Gasteiger partial charge in [-0.05, 0) is 30.5 Å². The van der Waals surface area contributed by atoms with E-state index < -0.39 is 0 Å². The molecular formula is C9H11BrO. The van der Waals surface area contributed by atoms with E-state index >= 15 is 0 Å². The molecule has 2 heteroatoms. The van der Waals surface area contributed by atoms with E-state index in [1.807, 2.05) is 25.1 Å². The Morgan fingerprint density at radius 3 is 2.73 bits per heavy atom. The molecule has 1 rings (SSSR count). The van der Waals surface area contributed by atoms with Crippen LogP contribution in [0.2, 0.25) is 0 Å². The van der Waals surface area contributed by atoms with Gasteiger partial charge in [0.15, 0.2) is 0 Å². The third-order valence-corrected chi connectivity index (χ3v) is 2.05. The Morgan fingerprint density at radius 1 is 1.45 bits per heavy atom. The van der Waals surface area contributed by atoms with Crippen LogP contribution in [0, 0.1) is 6.92 Å². The van der Waals surface area contributed by atoms with Gasteiger partial charge in [0.05, 0.1) is 0 Å². The predicted octanol–water partition coefficient (Wildman–Crippen LogP) is 2.64. The summed E-state index contributed by atoms with van der Waals surface area (Å²) in [6.45, 7) is 1.90. The van der Waals surface area contributed by atoms with E-state index in [0.29, 0.717) is 5.75 Å². The largest absolute Gasteiger partial charge is 0.508 e. The van der Waals surface area contributed by atoms with E-state index in [1.165, 1.54) is 5.56 Å². The molecule has 1 aromatic carbocycles. The molecule has 0 bridgehead atoms. The molecule has 0 aliphatic carbocycles. The molecule has 0 fully saturated rings. The molecule has 0 saturated heterocycles. The summed E-state index contributed by atoms with van der Waals surface area (Å²) >= 11 is 3.35. The summed E-state index contributed by atoms with van der Waals surface area (Å²) in [6, 6.07) is 5.79. The smallest absolute Gasteiger partial charge is 0.118 e. The minimum Gasteiger partial charge on any atom is -0.508 e. The van der Waals surface area contributed by atoms with E-state index in [0.717, 1.165) is 17.3 Å². The summed E-state index contributed by atoms with van der Waals surface area (Å²) in [7, 11) is 0. The van der Waals surface area contributed by atoms with Crippen molar-refractivity contribution in [3.63, 3.8) is 0 Å². The Balaban J connectivity index is 2.86. The molecular weight excluding hydrogens is 204 g/mol. The number of aryl methyl sites for hydroxylation is 2. The summed E-state index contributed by atoms with van der Waals surface area (Å²) in [5, 5.41) is 10.3. The maximum atomic E-state index is 9.31. The van der Waals surface area contributed by atoms with Crippen molar-refractivity contribution in [2.45, 2.75) is 13.3 Å². The molecule has 1 aromatic rings. The van der Waals surface area contributed by atoms with Gasteiger partial charge in [0.2, 0.25) is 0 Å². The van der Waals surface area contributed by atoms with Crippen molar-refractivity contribution in [2.24, 2.45) is 0 Å². The third-order valence-electron chi connectivity index (χ3n) is 1.66. The van der Waals surface area contributed by atoms with E-state index in [2.05, 4.69) is 15.9 Å². The first-order valence-corrected chi connectivity index (χ1v) is 4.70. The molecule has 0 saturated carbocycles. The van der Waals surface area contributed by atoms with Crippen LogP contribution in [0.5, 0.6) is 5.75 Å². The Kier molecular flexibility index (Phi) is 2.94. The van der Waals surface area contributed by atoms with Gasteiger partial charge in [0.25, 0.3) is 0 Å². The molecule has 0 atom stereocenters. The third kappa shape index (κ3) is 2.22. The summed E-state index contributed by atoms with van der Waals surface area (Å²) < 4.78 is 0. The van der Waals surface area contributed by atoms with Crippen molar-refractivity contribution >= 4 is 15.9 Å². The molecule has 0 heterocycles. The highest BCUT2D eigenvalue weighted by molar-refractivity contribution is 9.09. The minimum absolute atomic E-state index is 0.392. The quantitative estimate of drug-likeness (QED) is 0.752. The molecule has 0 aromatic heterocycles. The maximum Gasteiger partial charge on any atom is 0.118 e. The first-order chi connectivity index (χ1) is 5.24.